The number of hydrogen-bond donors (Lipinski definition) is 3. The number of hydrogen-bond acceptors (Lipinski definition) is 4. The molecule has 2 saturated heterocycles. The number of imide groups is 1. The first-order chi connectivity index (χ1) is 11.7. The predicted molar refractivity (Wildman–Crippen MR) is 107 cm³/mol. The van der Waals surface area contributed by atoms with Gasteiger partial charge in [-0.15, -0.1) is 24.0 Å². The maximum absolute atomic E-state index is 11.6. The zero-order chi connectivity index (χ0) is 16.9. The average molecular weight is 464 g/mol. The van der Waals surface area contributed by atoms with Crippen LogP contribution in [0.5, 0.6) is 0 Å². The fourth-order valence-corrected chi connectivity index (χ4v) is 3.31. The molecule has 8 nitrogen and oxygen atoms in total. The minimum absolute atomic E-state index is 0. The van der Waals surface area contributed by atoms with E-state index in [0.717, 1.165) is 44.5 Å². The van der Waals surface area contributed by atoms with E-state index >= 15 is 0 Å². The third-order valence-corrected chi connectivity index (χ3v) is 4.81. The van der Waals surface area contributed by atoms with Gasteiger partial charge in [-0.25, -0.2) is 4.79 Å². The van der Waals surface area contributed by atoms with Gasteiger partial charge in [-0.2, -0.15) is 0 Å². The number of likely N-dealkylation sites (tertiary alicyclic amines) is 1. The van der Waals surface area contributed by atoms with Crippen LogP contribution in [0.3, 0.4) is 0 Å². The van der Waals surface area contributed by atoms with E-state index in [1.807, 2.05) is 6.92 Å². The Kier molecular flexibility index (Phi) is 7.73. The second-order valence-electron chi connectivity index (χ2n) is 6.65. The van der Waals surface area contributed by atoms with Gasteiger partial charge in [0.2, 0.25) is 5.91 Å². The van der Waals surface area contributed by atoms with Crippen LogP contribution in [0.1, 0.15) is 32.6 Å². The van der Waals surface area contributed by atoms with E-state index in [1.165, 1.54) is 17.7 Å². The van der Waals surface area contributed by atoms with Crippen LogP contribution in [0.15, 0.2) is 4.99 Å². The highest BCUT2D eigenvalue weighted by atomic mass is 127. The summed E-state index contributed by atoms with van der Waals surface area (Å²) in [4.78, 5) is 31.4. The SMILES string of the molecule is CCNC(=NCCN1C(=O)CNC1=O)NC1CCN(C2CC2)CC1.I. The third-order valence-electron chi connectivity index (χ3n) is 4.81. The summed E-state index contributed by atoms with van der Waals surface area (Å²) in [5, 5.41) is 9.26. The minimum Gasteiger partial charge on any atom is -0.357 e. The fourth-order valence-electron chi connectivity index (χ4n) is 3.31. The molecule has 0 bridgehead atoms. The summed E-state index contributed by atoms with van der Waals surface area (Å²) < 4.78 is 0. The first-order valence-corrected chi connectivity index (χ1v) is 9.04. The smallest absolute Gasteiger partial charge is 0.324 e. The number of carbonyl (C=O) groups excluding carboxylic acids is 2. The number of aliphatic imine (C=N–C) groups is 1. The molecule has 0 aromatic heterocycles. The second-order valence-corrected chi connectivity index (χ2v) is 6.65. The largest absolute Gasteiger partial charge is 0.357 e. The van der Waals surface area contributed by atoms with E-state index in [4.69, 9.17) is 0 Å². The predicted octanol–water partition coefficient (Wildman–Crippen LogP) is 0.338. The Labute approximate surface area is 166 Å². The average Bonchev–Trinajstić information content (AvgIpc) is 3.37. The molecule has 3 fully saturated rings. The molecule has 142 valence electrons. The zero-order valence-electron chi connectivity index (χ0n) is 14.8. The van der Waals surface area contributed by atoms with Crippen molar-refractivity contribution >= 4 is 41.9 Å². The van der Waals surface area contributed by atoms with Crippen molar-refractivity contribution in [1.82, 2.24) is 25.8 Å². The van der Waals surface area contributed by atoms with Crippen LogP contribution in [0.2, 0.25) is 0 Å². The molecule has 0 spiro atoms. The fraction of sp³-hybridized carbons (Fsp3) is 0.812. The lowest BCUT2D eigenvalue weighted by Gasteiger charge is -2.33. The number of nitrogens with one attached hydrogen (secondary N) is 3. The molecule has 1 saturated carbocycles. The molecule has 0 atom stereocenters. The number of rotatable bonds is 6. The van der Waals surface area contributed by atoms with Crippen molar-refractivity contribution < 1.29 is 9.59 Å². The van der Waals surface area contributed by atoms with Crippen LogP contribution in [0.25, 0.3) is 0 Å². The normalized spacial score (nSPS) is 22.6. The Balaban J connectivity index is 0.00000225. The van der Waals surface area contributed by atoms with Gasteiger partial charge in [0.1, 0.15) is 0 Å². The summed E-state index contributed by atoms with van der Waals surface area (Å²) in [6.07, 6.45) is 5.00. The Morgan fingerprint density at radius 3 is 2.52 bits per heavy atom. The van der Waals surface area contributed by atoms with Gasteiger partial charge in [0.25, 0.3) is 0 Å². The van der Waals surface area contributed by atoms with Crippen molar-refractivity contribution in [2.75, 3.05) is 39.3 Å². The molecule has 3 N–H and O–H groups in total. The standard InChI is InChI=1S/C16H28N6O2.HI/c1-2-17-15(18-7-10-22-14(23)11-19-16(22)24)20-12-5-8-21(9-6-12)13-3-4-13;/h12-13H,2-11H2,1H3,(H,19,24)(H2,17,18,20);1H. The van der Waals surface area contributed by atoms with Crippen molar-refractivity contribution in [3.63, 3.8) is 0 Å². The number of amides is 3. The van der Waals surface area contributed by atoms with Crippen LogP contribution >= 0.6 is 24.0 Å². The van der Waals surface area contributed by atoms with Crippen LogP contribution in [0, 0.1) is 0 Å². The lowest BCUT2D eigenvalue weighted by Crippen LogP contribution is -2.49. The van der Waals surface area contributed by atoms with E-state index in [9.17, 15) is 9.59 Å². The highest BCUT2D eigenvalue weighted by Crippen LogP contribution is 2.29. The number of urea groups is 1. The monoisotopic (exact) mass is 464 g/mol. The highest BCUT2D eigenvalue weighted by molar-refractivity contribution is 14.0. The molecule has 3 rings (SSSR count). The van der Waals surface area contributed by atoms with Gasteiger partial charge < -0.3 is 20.9 Å². The Hall–Kier alpha value is -1.10. The molecule has 9 heteroatoms. The zero-order valence-corrected chi connectivity index (χ0v) is 17.1. The molecule has 0 unspecified atom stereocenters. The molecular weight excluding hydrogens is 435 g/mol. The third kappa shape index (κ3) is 5.70. The van der Waals surface area contributed by atoms with Gasteiger partial charge in [0.05, 0.1) is 19.6 Å². The first-order valence-electron chi connectivity index (χ1n) is 9.04. The maximum Gasteiger partial charge on any atom is 0.324 e. The summed E-state index contributed by atoms with van der Waals surface area (Å²) in [6, 6.07) is 0.965. The molecule has 3 aliphatic rings. The van der Waals surface area contributed by atoms with Crippen molar-refractivity contribution in [3.8, 4) is 0 Å². The van der Waals surface area contributed by atoms with Crippen molar-refractivity contribution in [3.05, 3.63) is 0 Å². The summed E-state index contributed by atoms with van der Waals surface area (Å²) in [5.74, 6) is 0.593. The van der Waals surface area contributed by atoms with Gasteiger partial charge in [0, 0.05) is 31.7 Å². The summed E-state index contributed by atoms with van der Waals surface area (Å²) in [5.41, 5.74) is 0. The van der Waals surface area contributed by atoms with Gasteiger partial charge in [-0.05, 0) is 32.6 Å². The number of halogens is 1. The lowest BCUT2D eigenvalue weighted by molar-refractivity contribution is -0.124. The highest BCUT2D eigenvalue weighted by Gasteiger charge is 2.32. The minimum atomic E-state index is -0.319. The summed E-state index contributed by atoms with van der Waals surface area (Å²) in [7, 11) is 0. The van der Waals surface area contributed by atoms with Crippen molar-refractivity contribution in [1.29, 1.82) is 0 Å². The van der Waals surface area contributed by atoms with E-state index in [2.05, 4.69) is 25.8 Å². The Morgan fingerprint density at radius 2 is 1.96 bits per heavy atom. The number of carbonyl (C=O) groups is 2. The molecule has 25 heavy (non-hydrogen) atoms. The topological polar surface area (TPSA) is 89.1 Å². The van der Waals surface area contributed by atoms with Crippen molar-refractivity contribution in [2.45, 2.75) is 44.7 Å². The number of guanidine groups is 1. The van der Waals surface area contributed by atoms with E-state index in [0.29, 0.717) is 19.1 Å². The quantitative estimate of drug-likeness (QED) is 0.228. The van der Waals surface area contributed by atoms with E-state index < -0.39 is 0 Å². The number of piperidine rings is 1. The Morgan fingerprint density at radius 1 is 1.24 bits per heavy atom. The summed E-state index contributed by atoms with van der Waals surface area (Å²) >= 11 is 0. The van der Waals surface area contributed by atoms with Gasteiger partial charge in [-0.3, -0.25) is 14.7 Å². The van der Waals surface area contributed by atoms with Gasteiger partial charge in [-0.1, -0.05) is 0 Å². The van der Waals surface area contributed by atoms with Crippen molar-refractivity contribution in [2.24, 2.45) is 4.99 Å². The number of nitrogens with zero attached hydrogens (tertiary/aromatic N) is 3. The molecule has 1 aliphatic carbocycles. The first kappa shape index (κ1) is 20.2. The Bertz CT molecular complexity index is 487. The molecule has 2 aliphatic heterocycles. The van der Waals surface area contributed by atoms with Gasteiger partial charge >= 0.3 is 6.03 Å². The van der Waals surface area contributed by atoms with Crippen LogP contribution in [-0.2, 0) is 4.79 Å². The maximum atomic E-state index is 11.6. The molecule has 3 amide bonds. The molecule has 0 radical (unpaired) electrons. The van der Waals surface area contributed by atoms with E-state index in [-0.39, 0.29) is 42.5 Å². The molecule has 0 aromatic carbocycles. The lowest BCUT2D eigenvalue weighted by atomic mass is 10.1. The second kappa shape index (κ2) is 9.56. The molecule has 0 aromatic rings. The molecular formula is C16H29IN6O2. The molecule has 2 heterocycles. The van der Waals surface area contributed by atoms with Gasteiger partial charge in [0.15, 0.2) is 5.96 Å². The van der Waals surface area contributed by atoms with Crippen LogP contribution < -0.4 is 16.0 Å². The van der Waals surface area contributed by atoms with Crippen LogP contribution in [0.4, 0.5) is 4.79 Å². The van der Waals surface area contributed by atoms with Crippen LogP contribution in [-0.4, -0.2) is 79.0 Å². The van der Waals surface area contributed by atoms with E-state index in [1.54, 1.807) is 0 Å². The summed E-state index contributed by atoms with van der Waals surface area (Å²) in [6.45, 7) is 5.96.